The molecule has 0 aromatic heterocycles. The van der Waals surface area contributed by atoms with Crippen LogP contribution in [-0.4, -0.2) is 23.9 Å². The number of halogens is 6. The number of alkyl halides is 3. The number of benzene rings is 2. The number of carbonyl (C=O) groups is 1. The summed E-state index contributed by atoms with van der Waals surface area (Å²) in [7, 11) is 0. The molecule has 1 amide bonds. The number of nitrogens with one attached hydrogen (secondary N) is 1. The molecule has 3 rings (SSSR count). The van der Waals surface area contributed by atoms with Crippen molar-refractivity contribution >= 4 is 34.8 Å². The van der Waals surface area contributed by atoms with E-state index in [-0.39, 0.29) is 16.5 Å². The maximum absolute atomic E-state index is 13.9. The van der Waals surface area contributed by atoms with Crippen molar-refractivity contribution in [2.75, 3.05) is 18.4 Å². The van der Waals surface area contributed by atoms with Crippen LogP contribution in [0.4, 0.5) is 23.2 Å². The average molecular weight is 449 g/mol. The molecule has 1 aliphatic rings. The van der Waals surface area contributed by atoms with Crippen molar-refractivity contribution in [1.29, 1.82) is 0 Å². The van der Waals surface area contributed by atoms with Crippen LogP contribution in [0.5, 0.6) is 0 Å². The summed E-state index contributed by atoms with van der Waals surface area (Å²) in [6, 6.07) is 7.73. The van der Waals surface area contributed by atoms with E-state index in [4.69, 9.17) is 23.2 Å². The molecule has 0 radical (unpaired) electrons. The fourth-order valence-electron chi connectivity index (χ4n) is 3.36. The van der Waals surface area contributed by atoms with Crippen molar-refractivity contribution < 1.29 is 22.4 Å². The van der Waals surface area contributed by atoms with Crippen molar-refractivity contribution in [3.8, 4) is 0 Å². The van der Waals surface area contributed by atoms with Crippen molar-refractivity contribution in [2.24, 2.45) is 5.92 Å². The van der Waals surface area contributed by atoms with Gasteiger partial charge in [0.1, 0.15) is 5.82 Å². The molecule has 2 aromatic carbocycles. The fourth-order valence-corrected chi connectivity index (χ4v) is 3.75. The smallest absolute Gasteiger partial charge is 0.325 e. The van der Waals surface area contributed by atoms with Crippen molar-refractivity contribution in [2.45, 2.75) is 25.6 Å². The minimum atomic E-state index is -4.63. The second kappa shape index (κ2) is 8.90. The van der Waals surface area contributed by atoms with Crippen LogP contribution in [0.1, 0.15) is 24.0 Å². The maximum Gasteiger partial charge on any atom is 0.418 e. The van der Waals surface area contributed by atoms with E-state index in [2.05, 4.69) is 5.32 Å². The first-order valence-electron chi connectivity index (χ1n) is 8.98. The highest BCUT2D eigenvalue weighted by Gasteiger charge is 2.35. The van der Waals surface area contributed by atoms with Gasteiger partial charge in [-0.1, -0.05) is 29.3 Å². The highest BCUT2D eigenvalue weighted by molar-refractivity contribution is 6.31. The third-order valence-electron chi connectivity index (χ3n) is 4.95. The van der Waals surface area contributed by atoms with Crippen LogP contribution in [-0.2, 0) is 17.5 Å². The number of piperidine rings is 1. The fraction of sp³-hybridized carbons (Fsp3) is 0.350. The Kier molecular flexibility index (Phi) is 6.71. The molecule has 9 heteroatoms. The zero-order chi connectivity index (χ0) is 21.2. The Morgan fingerprint density at radius 2 is 1.83 bits per heavy atom. The Morgan fingerprint density at radius 1 is 1.14 bits per heavy atom. The van der Waals surface area contributed by atoms with E-state index >= 15 is 0 Å². The normalized spacial score (nSPS) is 16.1. The number of nitrogens with zero attached hydrogens (tertiary/aromatic N) is 1. The molecular weight excluding hydrogens is 431 g/mol. The number of rotatable bonds is 4. The number of anilines is 1. The van der Waals surface area contributed by atoms with Crippen molar-refractivity contribution in [1.82, 2.24) is 4.90 Å². The third kappa shape index (κ3) is 5.41. The third-order valence-corrected chi connectivity index (χ3v) is 5.54. The van der Waals surface area contributed by atoms with E-state index < -0.39 is 23.6 Å². The van der Waals surface area contributed by atoms with Gasteiger partial charge in [-0.15, -0.1) is 0 Å². The Bertz CT molecular complexity index is 876. The van der Waals surface area contributed by atoms with Crippen LogP contribution in [0.2, 0.25) is 10.0 Å². The molecule has 0 spiro atoms. The highest BCUT2D eigenvalue weighted by atomic mass is 35.5. The predicted molar refractivity (Wildman–Crippen MR) is 104 cm³/mol. The summed E-state index contributed by atoms with van der Waals surface area (Å²) in [6.45, 7) is 1.33. The molecule has 1 N–H and O–H groups in total. The first-order valence-corrected chi connectivity index (χ1v) is 9.73. The van der Waals surface area contributed by atoms with Crippen LogP contribution >= 0.6 is 23.2 Å². The molecule has 156 valence electrons. The van der Waals surface area contributed by atoms with Crippen LogP contribution in [0.25, 0.3) is 0 Å². The molecule has 0 bridgehead atoms. The maximum atomic E-state index is 13.9. The molecule has 3 nitrogen and oxygen atoms in total. The Labute approximate surface area is 175 Å². The Balaban J connectivity index is 1.61. The standard InChI is InChI=1S/C20H18Cl2F4N2O/c21-13-4-5-18(15(10-13)20(24,25)26)27-19(29)12-6-8-28(9-7-12)11-14-16(22)2-1-3-17(14)23/h1-5,10,12H,6-9,11H2,(H,27,29). The minimum absolute atomic E-state index is 0.0598. The average Bonchev–Trinajstić information content (AvgIpc) is 2.66. The van der Waals surface area contributed by atoms with Crippen LogP contribution in [0.15, 0.2) is 36.4 Å². The molecule has 1 fully saturated rings. The minimum Gasteiger partial charge on any atom is -0.325 e. The second-order valence-corrected chi connectivity index (χ2v) is 7.77. The number of hydrogen-bond donors (Lipinski definition) is 1. The van der Waals surface area contributed by atoms with Gasteiger partial charge in [0.05, 0.1) is 11.3 Å². The van der Waals surface area contributed by atoms with Gasteiger partial charge in [-0.2, -0.15) is 13.2 Å². The summed E-state index contributed by atoms with van der Waals surface area (Å²) in [5.41, 5.74) is -0.898. The van der Waals surface area contributed by atoms with Gasteiger partial charge in [0.2, 0.25) is 5.91 Å². The van der Waals surface area contributed by atoms with Gasteiger partial charge in [-0.25, -0.2) is 4.39 Å². The number of carbonyl (C=O) groups excluding carboxylic acids is 1. The lowest BCUT2D eigenvalue weighted by Gasteiger charge is -2.31. The molecule has 1 saturated heterocycles. The highest BCUT2D eigenvalue weighted by Crippen LogP contribution is 2.37. The van der Waals surface area contributed by atoms with E-state index in [0.29, 0.717) is 43.1 Å². The van der Waals surface area contributed by atoms with E-state index in [9.17, 15) is 22.4 Å². The Morgan fingerprint density at radius 3 is 2.45 bits per heavy atom. The van der Waals surface area contributed by atoms with E-state index in [1.54, 1.807) is 6.07 Å². The van der Waals surface area contributed by atoms with E-state index in [1.165, 1.54) is 18.2 Å². The van der Waals surface area contributed by atoms with Gasteiger partial charge in [0, 0.05) is 28.1 Å². The molecule has 0 aliphatic carbocycles. The quantitative estimate of drug-likeness (QED) is 0.581. The summed E-state index contributed by atoms with van der Waals surface area (Å²) in [5.74, 6) is -1.29. The molecule has 0 atom stereocenters. The first-order chi connectivity index (χ1) is 13.6. The van der Waals surface area contributed by atoms with Crippen LogP contribution in [0.3, 0.4) is 0 Å². The summed E-state index contributed by atoms with van der Waals surface area (Å²) < 4.78 is 53.5. The van der Waals surface area contributed by atoms with Gasteiger partial charge in [-0.3, -0.25) is 9.69 Å². The van der Waals surface area contributed by atoms with Gasteiger partial charge < -0.3 is 5.32 Å². The summed E-state index contributed by atoms with van der Waals surface area (Å²) in [4.78, 5) is 14.5. The van der Waals surface area contributed by atoms with Gasteiger partial charge >= 0.3 is 6.18 Å². The second-order valence-electron chi connectivity index (χ2n) is 6.93. The zero-order valence-electron chi connectivity index (χ0n) is 15.2. The van der Waals surface area contributed by atoms with Gasteiger partial charge in [-0.05, 0) is 56.3 Å². The predicted octanol–water partition coefficient (Wildman–Crippen LogP) is 6.00. The molecular formula is C20H18Cl2F4N2O. The number of amides is 1. The molecule has 0 unspecified atom stereocenters. The molecule has 0 saturated carbocycles. The monoisotopic (exact) mass is 448 g/mol. The van der Waals surface area contributed by atoms with Crippen LogP contribution in [0, 0.1) is 11.7 Å². The van der Waals surface area contributed by atoms with Crippen molar-refractivity contribution in [3.05, 3.63) is 63.4 Å². The molecule has 2 aromatic rings. The summed E-state index contributed by atoms with van der Waals surface area (Å²) >= 11 is 11.7. The lowest BCUT2D eigenvalue weighted by atomic mass is 9.95. The first kappa shape index (κ1) is 21.9. The van der Waals surface area contributed by atoms with Gasteiger partial charge in [0.15, 0.2) is 0 Å². The Hall–Kier alpha value is -1.83. The zero-order valence-corrected chi connectivity index (χ0v) is 16.7. The number of hydrogen-bond acceptors (Lipinski definition) is 2. The van der Waals surface area contributed by atoms with Crippen molar-refractivity contribution in [3.63, 3.8) is 0 Å². The van der Waals surface area contributed by atoms with Gasteiger partial charge in [0.25, 0.3) is 0 Å². The lowest BCUT2D eigenvalue weighted by Crippen LogP contribution is -2.38. The topological polar surface area (TPSA) is 32.3 Å². The lowest BCUT2D eigenvalue weighted by molar-refractivity contribution is -0.137. The summed E-state index contributed by atoms with van der Waals surface area (Å²) in [5, 5.41) is 2.66. The van der Waals surface area contributed by atoms with Crippen LogP contribution < -0.4 is 5.32 Å². The summed E-state index contributed by atoms with van der Waals surface area (Å²) in [6.07, 6.45) is -3.73. The SMILES string of the molecule is O=C(Nc1ccc(Cl)cc1C(F)(F)F)C1CCN(Cc2c(F)cccc2Cl)CC1. The molecule has 1 aliphatic heterocycles. The molecule has 1 heterocycles. The van der Waals surface area contributed by atoms with E-state index in [0.717, 1.165) is 12.1 Å². The van der Waals surface area contributed by atoms with E-state index in [1.807, 2.05) is 4.90 Å². The molecule has 29 heavy (non-hydrogen) atoms. The number of likely N-dealkylation sites (tertiary alicyclic amines) is 1. The largest absolute Gasteiger partial charge is 0.418 e.